The van der Waals surface area contributed by atoms with Gasteiger partial charge in [-0.25, -0.2) is 4.98 Å². The summed E-state index contributed by atoms with van der Waals surface area (Å²) in [6.07, 6.45) is 1.94. The first-order valence-electron chi connectivity index (χ1n) is 24.0. The van der Waals surface area contributed by atoms with E-state index in [0.29, 0.717) is 11.4 Å². The SMILES string of the molecule is CC(C)(C)c1cc(-c2cc(-c3cc[c]([Ge]([CH3])([CH3])[CH3])cc3)ccn2)cc(-c2cccc3c2nc(-c2cc(C(C)(C)C)cc(C(C)(C)C)c2O)n3-c2ccc(-c3ccccc3)cc2-c2ccccc2)c1. The van der Waals surface area contributed by atoms with Crippen molar-refractivity contribution in [1.82, 2.24) is 14.5 Å². The molecule has 0 aliphatic carbocycles. The van der Waals surface area contributed by atoms with Gasteiger partial charge in [-0.2, -0.15) is 0 Å². The van der Waals surface area contributed by atoms with Gasteiger partial charge in [0.25, 0.3) is 0 Å². The number of fused-ring (bicyclic) bond motifs is 1. The van der Waals surface area contributed by atoms with Crippen LogP contribution in [0.2, 0.25) is 17.3 Å². The molecule has 1 N–H and O–H groups in total. The molecule has 0 saturated carbocycles. The van der Waals surface area contributed by atoms with Crippen LogP contribution in [0.25, 0.3) is 83.9 Å². The first-order chi connectivity index (χ1) is 32.1. The quantitative estimate of drug-likeness (QED) is 0.154. The maximum absolute atomic E-state index is 12.6. The Morgan fingerprint density at radius 3 is 1.68 bits per heavy atom. The van der Waals surface area contributed by atoms with Crippen molar-refractivity contribution in [3.8, 4) is 78.6 Å². The molecule has 0 amide bonds. The van der Waals surface area contributed by atoms with E-state index in [9.17, 15) is 5.11 Å². The summed E-state index contributed by atoms with van der Waals surface area (Å²) in [6, 6.07) is 59.3. The second-order valence-electron chi connectivity index (χ2n) is 22.6. The molecular formula is C63H65GeN3O. The molecule has 0 aliphatic rings. The van der Waals surface area contributed by atoms with E-state index in [1.54, 1.807) is 0 Å². The molecule has 0 fully saturated rings. The van der Waals surface area contributed by atoms with E-state index in [0.717, 1.165) is 78.0 Å². The third-order valence-electron chi connectivity index (χ3n) is 13.4. The monoisotopic (exact) mass is 953 g/mol. The summed E-state index contributed by atoms with van der Waals surface area (Å²) in [5.74, 6) is 8.26. The van der Waals surface area contributed by atoms with E-state index in [1.165, 1.54) is 15.5 Å². The normalized spacial score (nSPS) is 12.5. The maximum atomic E-state index is 12.6. The molecule has 68 heavy (non-hydrogen) atoms. The Bertz CT molecular complexity index is 3300. The Kier molecular flexibility index (Phi) is 12.0. The van der Waals surface area contributed by atoms with Crippen molar-refractivity contribution >= 4 is 28.7 Å². The molecule has 9 aromatic rings. The number of aromatic nitrogens is 3. The van der Waals surface area contributed by atoms with Crippen molar-refractivity contribution in [3.63, 3.8) is 0 Å². The van der Waals surface area contributed by atoms with Crippen LogP contribution in [0.15, 0.2) is 170 Å². The molecular weight excluding hydrogens is 887 g/mol. The molecule has 0 atom stereocenters. The fourth-order valence-corrected chi connectivity index (χ4v) is 11.7. The average molecular weight is 953 g/mol. The standard InChI is InChI=1S/C63H65GeN3O/c1-61(2,3)48-35-46(34-47(36-48)55-38-45(32-33-65-55)42-26-29-50(30-27-42)64(10,11)12)51-24-19-25-57-58(51)66-60(53-39-49(62(4,5)6)40-54(59(53)68)63(7,8)9)67(57)56-31-28-44(41-20-15-13-16-21-41)37-52(56)43-22-17-14-18-23-43/h13-40,68H,1-12H3. The number of nitrogens with zero attached hydrogens (tertiary/aromatic N) is 3. The summed E-state index contributed by atoms with van der Waals surface area (Å²) in [5, 5.41) is 12.6. The van der Waals surface area contributed by atoms with E-state index in [-0.39, 0.29) is 22.0 Å². The van der Waals surface area contributed by atoms with Crippen LogP contribution >= 0.6 is 0 Å². The number of hydrogen-bond acceptors (Lipinski definition) is 3. The van der Waals surface area contributed by atoms with E-state index in [2.05, 4.69) is 248 Å². The van der Waals surface area contributed by atoms with Crippen molar-refractivity contribution in [2.45, 2.75) is 95.8 Å². The van der Waals surface area contributed by atoms with Gasteiger partial charge < -0.3 is 5.11 Å². The van der Waals surface area contributed by atoms with E-state index in [1.807, 2.05) is 6.20 Å². The first kappa shape index (κ1) is 46.6. The molecule has 2 aromatic heterocycles. The summed E-state index contributed by atoms with van der Waals surface area (Å²) in [7, 11) is 0. The number of para-hydroxylation sites is 1. The number of imidazole rings is 1. The van der Waals surface area contributed by atoms with Gasteiger partial charge in [0.2, 0.25) is 0 Å². The molecule has 0 bridgehead atoms. The van der Waals surface area contributed by atoms with Gasteiger partial charge in [-0.15, -0.1) is 0 Å². The predicted molar refractivity (Wildman–Crippen MR) is 292 cm³/mol. The second-order valence-corrected chi connectivity index (χ2v) is 33.3. The number of benzene rings is 7. The van der Waals surface area contributed by atoms with Crippen LogP contribution in [-0.4, -0.2) is 32.9 Å². The second kappa shape index (κ2) is 17.5. The van der Waals surface area contributed by atoms with Gasteiger partial charge in [0.15, 0.2) is 0 Å². The van der Waals surface area contributed by atoms with Crippen LogP contribution in [0.5, 0.6) is 5.75 Å². The summed E-state index contributed by atoms with van der Waals surface area (Å²) in [6.45, 7) is 20.0. The number of phenolic OH excluding ortho intramolecular Hbond substituents is 1. The fourth-order valence-electron chi connectivity index (χ4n) is 9.25. The molecule has 0 aliphatic heterocycles. The first-order valence-corrected chi connectivity index (χ1v) is 31.4. The minimum absolute atomic E-state index is 0.150. The van der Waals surface area contributed by atoms with Gasteiger partial charge >= 0.3 is 178 Å². The zero-order valence-electron chi connectivity index (χ0n) is 42.0. The molecule has 2 heterocycles. The molecule has 0 radical (unpaired) electrons. The van der Waals surface area contributed by atoms with E-state index < -0.39 is 13.3 Å². The predicted octanol–water partition coefficient (Wildman–Crippen LogP) is 16.6. The molecule has 4 nitrogen and oxygen atoms in total. The Labute approximate surface area is 407 Å². The molecule has 0 spiro atoms. The Morgan fingerprint density at radius 1 is 0.456 bits per heavy atom. The summed E-state index contributed by atoms with van der Waals surface area (Å²) in [4.78, 5) is 10.7. The van der Waals surface area contributed by atoms with Gasteiger partial charge in [-0.3, -0.25) is 4.57 Å². The summed E-state index contributed by atoms with van der Waals surface area (Å²) >= 11 is -1.96. The van der Waals surface area contributed by atoms with Crippen molar-refractivity contribution < 1.29 is 5.11 Å². The topological polar surface area (TPSA) is 50.9 Å². The molecule has 9 rings (SSSR count). The molecule has 342 valence electrons. The Hall–Kier alpha value is -6.50. The van der Waals surface area contributed by atoms with Crippen molar-refractivity contribution in [2.75, 3.05) is 0 Å². The molecule has 7 aromatic carbocycles. The van der Waals surface area contributed by atoms with Crippen LogP contribution in [0.4, 0.5) is 0 Å². The van der Waals surface area contributed by atoms with Crippen LogP contribution < -0.4 is 4.40 Å². The van der Waals surface area contributed by atoms with Crippen molar-refractivity contribution in [1.29, 1.82) is 0 Å². The Morgan fingerprint density at radius 2 is 1.04 bits per heavy atom. The van der Waals surface area contributed by atoms with Crippen LogP contribution in [-0.2, 0) is 16.2 Å². The summed E-state index contributed by atoms with van der Waals surface area (Å²) < 4.78 is 3.79. The van der Waals surface area contributed by atoms with Gasteiger partial charge in [0, 0.05) is 11.1 Å². The van der Waals surface area contributed by atoms with Gasteiger partial charge in [-0.1, -0.05) is 120 Å². The number of rotatable bonds is 8. The van der Waals surface area contributed by atoms with Crippen LogP contribution in [0.3, 0.4) is 0 Å². The summed E-state index contributed by atoms with van der Waals surface area (Å²) in [5.41, 5.74) is 16.9. The Balaban J connectivity index is 1.32. The molecule has 0 saturated heterocycles. The van der Waals surface area contributed by atoms with Crippen molar-refractivity contribution in [3.05, 3.63) is 187 Å². The van der Waals surface area contributed by atoms with Crippen LogP contribution in [0.1, 0.15) is 79.0 Å². The van der Waals surface area contributed by atoms with Crippen LogP contribution in [0, 0.1) is 0 Å². The van der Waals surface area contributed by atoms with Gasteiger partial charge in [0.1, 0.15) is 11.6 Å². The zero-order chi connectivity index (χ0) is 48.3. The third kappa shape index (κ3) is 9.23. The fraction of sp³-hybridized carbons (Fsp3) is 0.238. The van der Waals surface area contributed by atoms with Gasteiger partial charge in [-0.05, 0) is 57.3 Å². The molecule has 0 unspecified atom stereocenters. The van der Waals surface area contributed by atoms with Crippen molar-refractivity contribution in [2.24, 2.45) is 0 Å². The molecule has 5 heteroatoms. The number of pyridine rings is 1. The number of aromatic hydroxyl groups is 1. The van der Waals surface area contributed by atoms with E-state index in [4.69, 9.17) is 9.97 Å². The average Bonchev–Trinajstić information content (AvgIpc) is 3.70. The minimum atomic E-state index is -1.96. The number of phenols is 1. The number of hydrogen-bond donors (Lipinski definition) is 1. The third-order valence-corrected chi connectivity index (χ3v) is 17.7. The van der Waals surface area contributed by atoms with E-state index >= 15 is 0 Å². The zero-order valence-corrected chi connectivity index (χ0v) is 44.1. The van der Waals surface area contributed by atoms with Gasteiger partial charge in [0.05, 0.1) is 16.8 Å².